The van der Waals surface area contributed by atoms with E-state index in [0.717, 1.165) is 9.80 Å². The Morgan fingerprint density at radius 1 is 1.54 bits per heavy atom. The molecule has 1 N–H and O–H groups in total. The van der Waals surface area contributed by atoms with Crippen molar-refractivity contribution in [3.05, 3.63) is 0 Å². The van der Waals surface area contributed by atoms with E-state index in [1.165, 1.54) is 14.0 Å². The molecule has 1 unspecified atom stereocenters. The summed E-state index contributed by atoms with van der Waals surface area (Å²) in [4.78, 5) is 34.6. The molecule has 1 aliphatic rings. The summed E-state index contributed by atoms with van der Waals surface area (Å²) >= 11 is 0. The van der Waals surface area contributed by atoms with Gasteiger partial charge in [-0.15, -0.1) is 0 Å². The quantitative estimate of drug-likeness (QED) is 0.590. The molecule has 0 bridgehead atoms. The minimum absolute atomic E-state index is 0.0694. The van der Waals surface area contributed by atoms with E-state index in [-0.39, 0.29) is 6.54 Å². The van der Waals surface area contributed by atoms with Crippen LogP contribution in [0.25, 0.3) is 0 Å². The summed E-state index contributed by atoms with van der Waals surface area (Å²) in [6.07, 6.45) is 0. The van der Waals surface area contributed by atoms with Crippen LogP contribution in [0, 0.1) is 0 Å². The van der Waals surface area contributed by atoms with Gasteiger partial charge in [0.2, 0.25) is 5.91 Å². The lowest BCUT2D eigenvalue weighted by molar-refractivity contribution is -0.140. The van der Waals surface area contributed by atoms with E-state index < -0.39 is 23.9 Å². The average molecular weight is 186 g/mol. The highest BCUT2D eigenvalue weighted by Gasteiger charge is 2.40. The molecule has 0 aliphatic carbocycles. The topological polar surface area (TPSA) is 77.9 Å². The van der Waals surface area contributed by atoms with Gasteiger partial charge < -0.3 is 10.0 Å². The van der Waals surface area contributed by atoms with Crippen LogP contribution in [0.2, 0.25) is 0 Å². The SMILES string of the molecule is CC(=O)N1CC(C(=O)O)N(C)C1=O. The second-order valence-electron chi connectivity index (χ2n) is 2.88. The molecule has 1 aliphatic heterocycles. The molecule has 1 rings (SSSR count). The number of amides is 3. The van der Waals surface area contributed by atoms with Gasteiger partial charge in [0.25, 0.3) is 0 Å². The Labute approximate surface area is 74.7 Å². The molecule has 1 atom stereocenters. The van der Waals surface area contributed by atoms with Gasteiger partial charge in [-0.3, -0.25) is 9.69 Å². The molecule has 0 saturated carbocycles. The minimum atomic E-state index is -1.10. The van der Waals surface area contributed by atoms with Gasteiger partial charge in [0.05, 0.1) is 6.54 Å². The first-order valence-corrected chi connectivity index (χ1v) is 3.73. The molecular formula is C7H10N2O4. The standard InChI is InChI=1S/C7H10N2O4/c1-4(10)9-3-5(6(11)12)8(2)7(9)13/h5H,3H2,1-2H3,(H,11,12). The fourth-order valence-corrected chi connectivity index (χ4v) is 1.20. The Hall–Kier alpha value is -1.59. The molecule has 0 aromatic heterocycles. The maximum absolute atomic E-state index is 11.2. The number of carboxylic acids is 1. The molecule has 1 fully saturated rings. The van der Waals surface area contributed by atoms with Gasteiger partial charge in [0.15, 0.2) is 0 Å². The third-order valence-electron chi connectivity index (χ3n) is 2.02. The molecule has 3 amide bonds. The zero-order chi connectivity index (χ0) is 10.2. The first-order chi connectivity index (χ1) is 5.95. The summed E-state index contributed by atoms with van der Waals surface area (Å²) in [7, 11) is 1.37. The predicted molar refractivity (Wildman–Crippen MR) is 42.0 cm³/mol. The monoisotopic (exact) mass is 186 g/mol. The van der Waals surface area contributed by atoms with Crippen LogP contribution in [0.15, 0.2) is 0 Å². The zero-order valence-corrected chi connectivity index (χ0v) is 7.35. The number of hydrogen-bond donors (Lipinski definition) is 1. The van der Waals surface area contributed by atoms with Crippen molar-refractivity contribution in [1.29, 1.82) is 0 Å². The van der Waals surface area contributed by atoms with Gasteiger partial charge in [0.1, 0.15) is 6.04 Å². The van der Waals surface area contributed by atoms with E-state index in [9.17, 15) is 14.4 Å². The lowest BCUT2D eigenvalue weighted by Gasteiger charge is -2.12. The number of urea groups is 1. The molecule has 0 aromatic rings. The minimum Gasteiger partial charge on any atom is -0.480 e. The molecule has 0 aromatic carbocycles. The number of likely N-dealkylation sites (N-methyl/N-ethyl adjacent to an activating group) is 1. The van der Waals surface area contributed by atoms with Crippen molar-refractivity contribution in [1.82, 2.24) is 9.80 Å². The Morgan fingerprint density at radius 2 is 2.08 bits per heavy atom. The van der Waals surface area contributed by atoms with Crippen LogP contribution in [-0.2, 0) is 9.59 Å². The summed E-state index contributed by atoms with van der Waals surface area (Å²) in [5, 5.41) is 8.67. The van der Waals surface area contributed by atoms with Crippen molar-refractivity contribution in [2.75, 3.05) is 13.6 Å². The maximum atomic E-state index is 11.2. The fourth-order valence-electron chi connectivity index (χ4n) is 1.20. The Bertz CT molecular complexity index is 276. The lowest BCUT2D eigenvalue weighted by Crippen LogP contribution is -2.36. The predicted octanol–water partition coefficient (Wildman–Crippen LogP) is -0.646. The van der Waals surface area contributed by atoms with Gasteiger partial charge in [-0.2, -0.15) is 0 Å². The summed E-state index contributed by atoms with van der Waals surface area (Å²) in [5.41, 5.74) is 0. The fraction of sp³-hybridized carbons (Fsp3) is 0.571. The molecule has 1 saturated heterocycles. The van der Waals surface area contributed by atoms with E-state index >= 15 is 0 Å². The normalized spacial score (nSPS) is 22.3. The Kier molecular flexibility index (Phi) is 2.22. The van der Waals surface area contributed by atoms with Crippen LogP contribution in [0.1, 0.15) is 6.92 Å². The van der Waals surface area contributed by atoms with Crippen molar-refractivity contribution < 1.29 is 19.5 Å². The highest BCUT2D eigenvalue weighted by molar-refractivity contribution is 5.98. The number of aliphatic carboxylic acids is 1. The molecule has 0 radical (unpaired) electrons. The maximum Gasteiger partial charge on any atom is 0.328 e. The van der Waals surface area contributed by atoms with Crippen LogP contribution in [0.3, 0.4) is 0 Å². The molecule has 72 valence electrons. The van der Waals surface area contributed by atoms with E-state index in [2.05, 4.69) is 0 Å². The summed E-state index contributed by atoms with van der Waals surface area (Å²) in [5.74, 6) is -1.53. The van der Waals surface area contributed by atoms with Crippen LogP contribution in [-0.4, -0.2) is 52.4 Å². The Balaban J connectivity index is 2.84. The van der Waals surface area contributed by atoms with E-state index in [1.807, 2.05) is 0 Å². The van der Waals surface area contributed by atoms with E-state index in [0.29, 0.717) is 0 Å². The van der Waals surface area contributed by atoms with E-state index in [4.69, 9.17) is 5.11 Å². The van der Waals surface area contributed by atoms with Gasteiger partial charge in [-0.1, -0.05) is 0 Å². The third kappa shape index (κ3) is 1.47. The van der Waals surface area contributed by atoms with Gasteiger partial charge in [-0.05, 0) is 0 Å². The van der Waals surface area contributed by atoms with Gasteiger partial charge in [-0.25, -0.2) is 9.59 Å². The zero-order valence-electron chi connectivity index (χ0n) is 7.35. The van der Waals surface area contributed by atoms with Crippen molar-refractivity contribution in [3.63, 3.8) is 0 Å². The van der Waals surface area contributed by atoms with Crippen LogP contribution < -0.4 is 0 Å². The van der Waals surface area contributed by atoms with Gasteiger partial charge in [0, 0.05) is 14.0 Å². The number of hydrogen-bond acceptors (Lipinski definition) is 3. The molecule has 6 heteroatoms. The number of rotatable bonds is 1. The first kappa shape index (κ1) is 9.50. The van der Waals surface area contributed by atoms with Crippen molar-refractivity contribution >= 4 is 17.9 Å². The van der Waals surface area contributed by atoms with Crippen LogP contribution in [0.5, 0.6) is 0 Å². The van der Waals surface area contributed by atoms with Crippen molar-refractivity contribution in [3.8, 4) is 0 Å². The van der Waals surface area contributed by atoms with Crippen LogP contribution in [0.4, 0.5) is 4.79 Å². The van der Waals surface area contributed by atoms with Crippen LogP contribution >= 0.6 is 0 Å². The second-order valence-corrected chi connectivity index (χ2v) is 2.88. The van der Waals surface area contributed by atoms with Crippen molar-refractivity contribution in [2.24, 2.45) is 0 Å². The summed E-state index contributed by atoms with van der Waals surface area (Å²) < 4.78 is 0. The highest BCUT2D eigenvalue weighted by atomic mass is 16.4. The number of carbonyl (C=O) groups is 3. The number of carboxylic acid groups (broad SMARTS) is 1. The molecular weight excluding hydrogens is 176 g/mol. The summed E-state index contributed by atoms with van der Waals surface area (Å²) in [6.45, 7) is 1.16. The number of carbonyl (C=O) groups excluding carboxylic acids is 2. The molecule has 13 heavy (non-hydrogen) atoms. The van der Waals surface area contributed by atoms with Crippen molar-refractivity contribution in [2.45, 2.75) is 13.0 Å². The number of nitrogens with zero attached hydrogens (tertiary/aromatic N) is 2. The highest BCUT2D eigenvalue weighted by Crippen LogP contribution is 2.13. The second kappa shape index (κ2) is 3.04. The molecule has 0 spiro atoms. The molecule has 6 nitrogen and oxygen atoms in total. The third-order valence-corrected chi connectivity index (χ3v) is 2.02. The average Bonchev–Trinajstić information content (AvgIpc) is 2.29. The number of imide groups is 1. The summed E-state index contributed by atoms with van der Waals surface area (Å²) in [6, 6.07) is -1.48. The largest absolute Gasteiger partial charge is 0.480 e. The van der Waals surface area contributed by atoms with E-state index in [1.54, 1.807) is 0 Å². The molecule has 1 heterocycles. The first-order valence-electron chi connectivity index (χ1n) is 3.73. The smallest absolute Gasteiger partial charge is 0.328 e. The lowest BCUT2D eigenvalue weighted by atomic mass is 10.3. The Morgan fingerprint density at radius 3 is 2.31 bits per heavy atom. The van der Waals surface area contributed by atoms with Gasteiger partial charge >= 0.3 is 12.0 Å².